The molecule has 1 aliphatic rings. The van der Waals surface area contributed by atoms with E-state index in [2.05, 4.69) is 22.4 Å². The van der Waals surface area contributed by atoms with E-state index in [0.717, 1.165) is 32.2 Å². The summed E-state index contributed by atoms with van der Waals surface area (Å²) in [4.78, 5) is 0.286. The van der Waals surface area contributed by atoms with Gasteiger partial charge in [0.25, 0.3) is 0 Å². The lowest BCUT2D eigenvalue weighted by molar-refractivity contribution is 0.251. The first-order valence-corrected chi connectivity index (χ1v) is 8.62. The number of hydrogen-bond acceptors (Lipinski definition) is 4. The lowest BCUT2D eigenvalue weighted by atomic mass is 9.91. The SMILES string of the molecule is CCNC1CCC(N(C)S(=O)(=O)c2cn[nH]c2C)CC1. The molecule has 6 nitrogen and oxygen atoms in total. The molecule has 1 saturated carbocycles. The van der Waals surface area contributed by atoms with Crippen LogP contribution in [-0.4, -0.2) is 48.6 Å². The minimum Gasteiger partial charge on any atom is -0.314 e. The van der Waals surface area contributed by atoms with Crippen LogP contribution in [0.2, 0.25) is 0 Å². The molecule has 0 bridgehead atoms. The van der Waals surface area contributed by atoms with Crippen LogP contribution in [0.5, 0.6) is 0 Å². The molecule has 2 rings (SSSR count). The van der Waals surface area contributed by atoms with Crippen LogP contribution in [-0.2, 0) is 10.0 Å². The number of hydrogen-bond donors (Lipinski definition) is 2. The molecule has 7 heteroatoms. The predicted molar refractivity (Wildman–Crippen MR) is 78.0 cm³/mol. The molecule has 20 heavy (non-hydrogen) atoms. The fourth-order valence-corrected chi connectivity index (χ4v) is 4.42. The summed E-state index contributed by atoms with van der Waals surface area (Å²) in [6.45, 7) is 4.80. The summed E-state index contributed by atoms with van der Waals surface area (Å²) >= 11 is 0. The Bertz CT molecular complexity index is 532. The van der Waals surface area contributed by atoms with Crippen molar-refractivity contribution in [2.75, 3.05) is 13.6 Å². The first-order valence-electron chi connectivity index (χ1n) is 7.18. The zero-order valence-corrected chi connectivity index (χ0v) is 13.2. The van der Waals surface area contributed by atoms with Crippen molar-refractivity contribution < 1.29 is 8.42 Å². The lowest BCUT2D eigenvalue weighted by Crippen LogP contribution is -2.43. The Morgan fingerprint density at radius 2 is 2.05 bits per heavy atom. The zero-order valence-electron chi connectivity index (χ0n) is 12.4. The molecule has 114 valence electrons. The Kier molecular flexibility index (Phi) is 4.82. The summed E-state index contributed by atoms with van der Waals surface area (Å²) in [5, 5.41) is 9.94. The van der Waals surface area contributed by atoms with Crippen molar-refractivity contribution in [2.45, 2.75) is 56.5 Å². The quantitative estimate of drug-likeness (QED) is 0.858. The van der Waals surface area contributed by atoms with Crippen LogP contribution in [0.3, 0.4) is 0 Å². The lowest BCUT2D eigenvalue weighted by Gasteiger charge is -2.34. The zero-order chi connectivity index (χ0) is 14.8. The van der Waals surface area contributed by atoms with Crippen molar-refractivity contribution in [3.8, 4) is 0 Å². The summed E-state index contributed by atoms with van der Waals surface area (Å²) < 4.78 is 26.7. The van der Waals surface area contributed by atoms with Gasteiger partial charge in [-0.1, -0.05) is 6.92 Å². The normalized spacial score (nSPS) is 24.2. The van der Waals surface area contributed by atoms with Gasteiger partial charge in [0.2, 0.25) is 10.0 Å². The Labute approximate surface area is 121 Å². The molecule has 0 saturated heterocycles. The third-order valence-electron chi connectivity index (χ3n) is 4.14. The minimum absolute atomic E-state index is 0.0872. The highest BCUT2D eigenvalue weighted by Crippen LogP contribution is 2.27. The van der Waals surface area contributed by atoms with Crippen LogP contribution < -0.4 is 5.32 Å². The van der Waals surface area contributed by atoms with Gasteiger partial charge in [0.15, 0.2) is 0 Å². The van der Waals surface area contributed by atoms with Crippen LogP contribution in [0.15, 0.2) is 11.1 Å². The molecule has 0 unspecified atom stereocenters. The molecule has 1 heterocycles. The summed E-state index contributed by atoms with van der Waals surface area (Å²) in [7, 11) is -1.76. The first-order chi connectivity index (χ1) is 9.46. The number of aryl methyl sites for hydroxylation is 1. The van der Waals surface area contributed by atoms with Gasteiger partial charge in [0, 0.05) is 19.1 Å². The molecule has 2 N–H and O–H groups in total. The molecule has 1 aliphatic carbocycles. The van der Waals surface area contributed by atoms with Crippen LogP contribution in [0.1, 0.15) is 38.3 Å². The molecule has 0 aromatic carbocycles. The molecule has 0 radical (unpaired) electrons. The fourth-order valence-electron chi connectivity index (χ4n) is 2.88. The summed E-state index contributed by atoms with van der Waals surface area (Å²) in [6.07, 6.45) is 5.27. The predicted octanol–water partition coefficient (Wildman–Crippen LogP) is 1.26. The maximum absolute atomic E-state index is 12.6. The van der Waals surface area contributed by atoms with E-state index < -0.39 is 10.0 Å². The van der Waals surface area contributed by atoms with Crippen molar-refractivity contribution in [1.29, 1.82) is 0 Å². The number of aromatic nitrogens is 2. The number of aromatic amines is 1. The fraction of sp³-hybridized carbons (Fsp3) is 0.769. The number of H-pyrrole nitrogens is 1. The first kappa shape index (κ1) is 15.5. The van der Waals surface area contributed by atoms with E-state index in [9.17, 15) is 8.42 Å². The molecule has 1 aromatic heterocycles. The molecular formula is C13H24N4O2S. The van der Waals surface area contributed by atoms with E-state index in [-0.39, 0.29) is 10.9 Å². The van der Waals surface area contributed by atoms with Gasteiger partial charge in [-0.2, -0.15) is 9.40 Å². The Hall–Kier alpha value is -0.920. The molecule has 0 atom stereocenters. The smallest absolute Gasteiger partial charge is 0.246 e. The maximum Gasteiger partial charge on any atom is 0.246 e. The van der Waals surface area contributed by atoms with Crippen molar-refractivity contribution in [3.05, 3.63) is 11.9 Å². The van der Waals surface area contributed by atoms with E-state index in [0.29, 0.717) is 11.7 Å². The third-order valence-corrected chi connectivity index (χ3v) is 6.17. The van der Waals surface area contributed by atoms with Crippen molar-refractivity contribution in [1.82, 2.24) is 19.8 Å². The van der Waals surface area contributed by atoms with E-state index in [1.54, 1.807) is 14.0 Å². The minimum atomic E-state index is -3.44. The van der Waals surface area contributed by atoms with Crippen molar-refractivity contribution in [2.24, 2.45) is 0 Å². The van der Waals surface area contributed by atoms with Crippen molar-refractivity contribution >= 4 is 10.0 Å². The van der Waals surface area contributed by atoms with Crippen LogP contribution in [0, 0.1) is 6.92 Å². The second kappa shape index (κ2) is 6.24. The molecule has 0 spiro atoms. The Balaban J connectivity index is 2.05. The molecule has 1 fully saturated rings. The molecule has 0 aliphatic heterocycles. The summed E-state index contributed by atoms with van der Waals surface area (Å²) in [5.41, 5.74) is 0.596. The summed E-state index contributed by atoms with van der Waals surface area (Å²) in [6, 6.07) is 0.618. The summed E-state index contributed by atoms with van der Waals surface area (Å²) in [5.74, 6) is 0. The Morgan fingerprint density at radius 1 is 1.40 bits per heavy atom. The molecular weight excluding hydrogens is 276 g/mol. The second-order valence-corrected chi connectivity index (χ2v) is 7.41. The van der Waals surface area contributed by atoms with Crippen LogP contribution in [0.25, 0.3) is 0 Å². The highest BCUT2D eigenvalue weighted by Gasteiger charge is 2.32. The van der Waals surface area contributed by atoms with Gasteiger partial charge in [-0.25, -0.2) is 8.42 Å². The number of rotatable bonds is 5. The second-order valence-electron chi connectivity index (χ2n) is 5.44. The largest absolute Gasteiger partial charge is 0.314 e. The highest BCUT2D eigenvalue weighted by molar-refractivity contribution is 7.89. The van der Waals surface area contributed by atoms with Crippen molar-refractivity contribution in [3.63, 3.8) is 0 Å². The highest BCUT2D eigenvalue weighted by atomic mass is 32.2. The molecule has 1 aromatic rings. The van der Waals surface area contributed by atoms with Gasteiger partial charge in [0.05, 0.1) is 11.9 Å². The number of nitrogens with one attached hydrogen (secondary N) is 2. The third kappa shape index (κ3) is 3.05. The van der Waals surface area contributed by atoms with E-state index in [1.807, 2.05) is 0 Å². The topological polar surface area (TPSA) is 78.1 Å². The monoisotopic (exact) mass is 300 g/mol. The van der Waals surface area contributed by atoms with E-state index >= 15 is 0 Å². The standard InChI is InChI=1S/C13H24N4O2S/c1-4-14-11-5-7-12(8-6-11)17(3)20(18,19)13-9-15-16-10(13)2/h9,11-12,14H,4-8H2,1-3H3,(H,15,16). The molecule has 0 amide bonds. The van der Waals surface area contributed by atoms with Gasteiger partial charge in [-0.15, -0.1) is 0 Å². The average molecular weight is 300 g/mol. The van der Waals surface area contributed by atoms with E-state index in [1.165, 1.54) is 10.5 Å². The van der Waals surface area contributed by atoms with Gasteiger partial charge >= 0.3 is 0 Å². The van der Waals surface area contributed by atoms with Gasteiger partial charge in [0.1, 0.15) is 4.90 Å². The van der Waals surface area contributed by atoms with Gasteiger partial charge < -0.3 is 5.32 Å². The van der Waals surface area contributed by atoms with Gasteiger partial charge in [-0.3, -0.25) is 5.10 Å². The maximum atomic E-state index is 12.6. The van der Waals surface area contributed by atoms with Crippen LogP contribution in [0.4, 0.5) is 0 Å². The average Bonchev–Trinajstić information content (AvgIpc) is 2.86. The van der Waals surface area contributed by atoms with Crippen LogP contribution >= 0.6 is 0 Å². The number of nitrogens with zero attached hydrogens (tertiary/aromatic N) is 2. The van der Waals surface area contributed by atoms with E-state index in [4.69, 9.17) is 0 Å². The Morgan fingerprint density at radius 3 is 2.55 bits per heavy atom. The number of sulfonamides is 1. The van der Waals surface area contributed by atoms with Gasteiger partial charge in [-0.05, 0) is 39.2 Å².